The molecule has 2 aromatic carbocycles. The van der Waals surface area contributed by atoms with E-state index in [0.29, 0.717) is 34.9 Å². The van der Waals surface area contributed by atoms with Crippen LogP contribution in [0.5, 0.6) is 0 Å². The molecular weight excluding hydrogens is 364 g/mol. The molecule has 3 aromatic rings. The number of carbonyl (C=O) groups excluding carboxylic acids is 2. The van der Waals surface area contributed by atoms with Crippen molar-refractivity contribution >= 4 is 29.1 Å². The van der Waals surface area contributed by atoms with E-state index in [0.717, 1.165) is 5.56 Å². The van der Waals surface area contributed by atoms with Crippen molar-refractivity contribution in [2.75, 3.05) is 11.9 Å². The molecule has 1 aromatic heterocycles. The molecule has 3 rings (SSSR count). The highest BCUT2D eigenvalue weighted by Gasteiger charge is 2.11. The van der Waals surface area contributed by atoms with Crippen LogP contribution in [0, 0.1) is 0 Å². The monoisotopic (exact) mass is 382 g/mol. The molecular formula is C20H19ClN4O2. The van der Waals surface area contributed by atoms with E-state index in [2.05, 4.69) is 15.7 Å². The molecule has 27 heavy (non-hydrogen) atoms. The van der Waals surface area contributed by atoms with E-state index in [9.17, 15) is 9.59 Å². The van der Waals surface area contributed by atoms with Gasteiger partial charge in [0.15, 0.2) is 0 Å². The number of aromatic nitrogens is 2. The second kappa shape index (κ2) is 8.51. The summed E-state index contributed by atoms with van der Waals surface area (Å²) in [6.45, 7) is 2.86. The van der Waals surface area contributed by atoms with E-state index in [4.69, 9.17) is 11.6 Å². The zero-order valence-corrected chi connectivity index (χ0v) is 15.5. The van der Waals surface area contributed by atoms with E-state index in [-0.39, 0.29) is 11.8 Å². The Morgan fingerprint density at radius 3 is 2.67 bits per heavy atom. The number of anilines is 1. The maximum atomic E-state index is 12.5. The molecule has 0 saturated carbocycles. The van der Waals surface area contributed by atoms with Crippen molar-refractivity contribution in [3.05, 3.63) is 82.6 Å². The van der Waals surface area contributed by atoms with Gasteiger partial charge in [-0.2, -0.15) is 5.10 Å². The van der Waals surface area contributed by atoms with E-state index in [1.807, 2.05) is 31.2 Å². The van der Waals surface area contributed by atoms with Crippen molar-refractivity contribution in [2.24, 2.45) is 0 Å². The number of benzene rings is 2. The molecule has 0 atom stereocenters. The Morgan fingerprint density at radius 2 is 1.89 bits per heavy atom. The van der Waals surface area contributed by atoms with Crippen LogP contribution in [0.25, 0.3) is 0 Å². The van der Waals surface area contributed by atoms with Gasteiger partial charge < -0.3 is 10.6 Å². The summed E-state index contributed by atoms with van der Waals surface area (Å²) in [5.41, 5.74) is 2.38. The molecule has 0 aliphatic heterocycles. The Morgan fingerprint density at radius 1 is 1.07 bits per heavy atom. The number of nitrogens with zero attached hydrogens (tertiary/aromatic N) is 2. The first-order chi connectivity index (χ1) is 13.1. The van der Waals surface area contributed by atoms with Gasteiger partial charge in [-0.1, -0.05) is 35.9 Å². The fraction of sp³-hybridized carbons (Fsp3) is 0.150. The van der Waals surface area contributed by atoms with Gasteiger partial charge >= 0.3 is 0 Å². The molecule has 0 radical (unpaired) electrons. The summed E-state index contributed by atoms with van der Waals surface area (Å²) in [5, 5.41) is 10.4. The highest BCUT2D eigenvalue weighted by Crippen LogP contribution is 2.17. The first kappa shape index (κ1) is 18.7. The van der Waals surface area contributed by atoms with Crippen LogP contribution in [0.3, 0.4) is 0 Å². The van der Waals surface area contributed by atoms with Crippen molar-refractivity contribution in [1.29, 1.82) is 0 Å². The smallest absolute Gasteiger partial charge is 0.258 e. The summed E-state index contributed by atoms with van der Waals surface area (Å²) in [4.78, 5) is 24.4. The molecule has 0 unspecified atom stereocenters. The third-order valence-corrected chi connectivity index (χ3v) is 4.27. The molecule has 6 nitrogen and oxygen atoms in total. The van der Waals surface area contributed by atoms with E-state index in [1.54, 1.807) is 35.1 Å². The van der Waals surface area contributed by atoms with Crippen molar-refractivity contribution in [3.8, 4) is 0 Å². The first-order valence-electron chi connectivity index (χ1n) is 8.52. The van der Waals surface area contributed by atoms with Gasteiger partial charge in [-0.25, -0.2) is 0 Å². The number of hydrogen-bond acceptors (Lipinski definition) is 3. The fourth-order valence-electron chi connectivity index (χ4n) is 2.57. The molecule has 0 aliphatic carbocycles. The standard InChI is InChI=1S/C20H19ClN4O2/c1-2-22-19(26)14-7-5-8-17(10-14)24-20(27)16-11-23-25(13-16)12-15-6-3-4-9-18(15)21/h3-11,13H,2,12H2,1H3,(H,22,26)(H,24,27). The number of nitrogens with one attached hydrogen (secondary N) is 2. The lowest BCUT2D eigenvalue weighted by Crippen LogP contribution is -2.22. The Bertz CT molecular complexity index is 968. The Kier molecular flexibility index (Phi) is 5.88. The van der Waals surface area contributed by atoms with Gasteiger partial charge in [-0.15, -0.1) is 0 Å². The van der Waals surface area contributed by atoms with Crippen LogP contribution in [-0.4, -0.2) is 28.1 Å². The summed E-state index contributed by atoms with van der Waals surface area (Å²) in [5.74, 6) is -0.477. The minimum Gasteiger partial charge on any atom is -0.352 e. The second-order valence-electron chi connectivity index (χ2n) is 5.91. The molecule has 2 N–H and O–H groups in total. The van der Waals surface area contributed by atoms with Gasteiger partial charge in [0.25, 0.3) is 11.8 Å². The summed E-state index contributed by atoms with van der Waals surface area (Å²) >= 11 is 6.16. The van der Waals surface area contributed by atoms with Crippen LogP contribution in [-0.2, 0) is 6.54 Å². The Labute approximate surface area is 162 Å². The number of rotatable bonds is 6. The van der Waals surface area contributed by atoms with Crippen molar-refractivity contribution in [3.63, 3.8) is 0 Å². The zero-order valence-electron chi connectivity index (χ0n) is 14.8. The largest absolute Gasteiger partial charge is 0.352 e. The molecule has 0 fully saturated rings. The van der Waals surface area contributed by atoms with Gasteiger partial charge in [0.05, 0.1) is 18.3 Å². The summed E-state index contributed by atoms with van der Waals surface area (Å²) in [6.07, 6.45) is 3.16. The molecule has 0 bridgehead atoms. The third kappa shape index (κ3) is 4.74. The summed E-state index contributed by atoms with van der Waals surface area (Å²) in [7, 11) is 0. The predicted octanol–water partition coefficient (Wildman–Crippen LogP) is 3.59. The highest BCUT2D eigenvalue weighted by atomic mass is 35.5. The number of carbonyl (C=O) groups is 2. The molecule has 1 heterocycles. The lowest BCUT2D eigenvalue weighted by molar-refractivity contribution is 0.0954. The van der Waals surface area contributed by atoms with Gasteiger partial charge in [0.1, 0.15) is 0 Å². The van der Waals surface area contributed by atoms with Crippen LogP contribution in [0.1, 0.15) is 33.2 Å². The highest BCUT2D eigenvalue weighted by molar-refractivity contribution is 6.31. The molecule has 0 spiro atoms. The summed E-state index contributed by atoms with van der Waals surface area (Å²) in [6, 6.07) is 14.3. The first-order valence-corrected chi connectivity index (χ1v) is 8.90. The topological polar surface area (TPSA) is 76.0 Å². The van der Waals surface area contributed by atoms with E-state index >= 15 is 0 Å². The molecule has 138 valence electrons. The van der Waals surface area contributed by atoms with Gasteiger partial charge in [-0.05, 0) is 36.8 Å². The quantitative estimate of drug-likeness (QED) is 0.684. The average molecular weight is 383 g/mol. The maximum absolute atomic E-state index is 12.5. The van der Waals surface area contributed by atoms with Crippen LogP contribution >= 0.6 is 11.6 Å². The maximum Gasteiger partial charge on any atom is 0.258 e. The Balaban J connectivity index is 1.69. The third-order valence-electron chi connectivity index (χ3n) is 3.91. The number of halogens is 1. The van der Waals surface area contributed by atoms with Crippen molar-refractivity contribution < 1.29 is 9.59 Å². The van der Waals surface area contributed by atoms with Crippen LogP contribution in [0.4, 0.5) is 5.69 Å². The lowest BCUT2D eigenvalue weighted by Gasteiger charge is -2.07. The van der Waals surface area contributed by atoms with Gasteiger partial charge in [0, 0.05) is 29.0 Å². The number of hydrogen-bond donors (Lipinski definition) is 2. The predicted molar refractivity (Wildman–Crippen MR) is 105 cm³/mol. The van der Waals surface area contributed by atoms with Gasteiger partial charge in [-0.3, -0.25) is 14.3 Å². The second-order valence-corrected chi connectivity index (χ2v) is 6.32. The van der Waals surface area contributed by atoms with E-state index < -0.39 is 0 Å². The summed E-state index contributed by atoms with van der Waals surface area (Å²) < 4.78 is 1.65. The molecule has 7 heteroatoms. The van der Waals surface area contributed by atoms with Crippen molar-refractivity contribution in [1.82, 2.24) is 15.1 Å². The SMILES string of the molecule is CCNC(=O)c1cccc(NC(=O)c2cnn(Cc3ccccc3Cl)c2)c1. The molecule has 0 saturated heterocycles. The van der Waals surface area contributed by atoms with Crippen LogP contribution in [0.15, 0.2) is 60.9 Å². The zero-order chi connectivity index (χ0) is 19.2. The van der Waals surface area contributed by atoms with Crippen LogP contribution < -0.4 is 10.6 Å². The molecule has 2 amide bonds. The minimum atomic E-state index is -0.298. The van der Waals surface area contributed by atoms with Crippen LogP contribution in [0.2, 0.25) is 5.02 Å². The minimum absolute atomic E-state index is 0.179. The lowest BCUT2D eigenvalue weighted by atomic mass is 10.2. The average Bonchev–Trinajstić information content (AvgIpc) is 3.13. The number of amides is 2. The normalized spacial score (nSPS) is 10.4. The van der Waals surface area contributed by atoms with Crippen molar-refractivity contribution in [2.45, 2.75) is 13.5 Å². The Hall–Kier alpha value is -3.12. The fourth-order valence-corrected chi connectivity index (χ4v) is 2.77. The van der Waals surface area contributed by atoms with E-state index in [1.165, 1.54) is 6.20 Å². The van der Waals surface area contributed by atoms with Gasteiger partial charge in [0.2, 0.25) is 0 Å². The molecule has 0 aliphatic rings.